The second-order valence-electron chi connectivity index (χ2n) is 6.17. The number of anilines is 1. The minimum absolute atomic E-state index is 0.215. The summed E-state index contributed by atoms with van der Waals surface area (Å²) in [5.74, 6) is -0.721. The molecule has 0 saturated heterocycles. The number of amides is 1. The number of hydrogen-bond donors (Lipinski definition) is 1. The number of carbonyl (C=O) groups excluding carboxylic acids is 2. The Morgan fingerprint density at radius 3 is 2.55 bits per heavy atom. The summed E-state index contributed by atoms with van der Waals surface area (Å²) in [5, 5.41) is 12.4. The van der Waals surface area contributed by atoms with Crippen molar-refractivity contribution in [1.29, 1.82) is 5.26 Å². The van der Waals surface area contributed by atoms with Gasteiger partial charge in [-0.1, -0.05) is 29.8 Å². The Balaban J connectivity index is 2.05. The zero-order valence-electron chi connectivity index (χ0n) is 16.4. The Hall–Kier alpha value is -3.30. The molecule has 0 aliphatic heterocycles. The fraction of sp³-hybridized carbons (Fsp3) is 0.227. The van der Waals surface area contributed by atoms with Crippen molar-refractivity contribution in [3.8, 4) is 11.8 Å². The number of esters is 1. The van der Waals surface area contributed by atoms with E-state index in [1.54, 1.807) is 48.5 Å². The Morgan fingerprint density at radius 2 is 1.93 bits per heavy atom. The van der Waals surface area contributed by atoms with E-state index in [1.807, 2.05) is 13.8 Å². The van der Waals surface area contributed by atoms with Gasteiger partial charge in [-0.2, -0.15) is 5.26 Å². The van der Waals surface area contributed by atoms with Crippen molar-refractivity contribution >= 4 is 35.2 Å². The van der Waals surface area contributed by atoms with Crippen LogP contribution in [0.2, 0.25) is 5.02 Å². The second kappa shape index (κ2) is 10.3. The average molecular weight is 413 g/mol. The number of rotatable bonds is 7. The molecule has 1 N–H and O–H groups in total. The maximum atomic E-state index is 12.3. The van der Waals surface area contributed by atoms with E-state index in [4.69, 9.17) is 21.1 Å². The van der Waals surface area contributed by atoms with E-state index in [1.165, 1.54) is 13.0 Å². The SMILES string of the molecule is CCOc1ccc(/C=C(\C#N)C(=O)O[C@H](C)C(=O)Nc2cc(Cl)ccc2C)cc1. The molecule has 0 bridgehead atoms. The van der Waals surface area contributed by atoms with Gasteiger partial charge in [0.1, 0.15) is 17.4 Å². The van der Waals surface area contributed by atoms with E-state index in [2.05, 4.69) is 5.32 Å². The zero-order valence-corrected chi connectivity index (χ0v) is 17.1. The topological polar surface area (TPSA) is 88.4 Å². The zero-order chi connectivity index (χ0) is 21.4. The molecule has 0 saturated carbocycles. The fourth-order valence-corrected chi connectivity index (χ4v) is 2.54. The van der Waals surface area contributed by atoms with E-state index < -0.39 is 18.0 Å². The number of nitrogens with one attached hydrogen (secondary N) is 1. The van der Waals surface area contributed by atoms with Crippen molar-refractivity contribution in [2.45, 2.75) is 26.9 Å². The van der Waals surface area contributed by atoms with Crippen LogP contribution >= 0.6 is 11.6 Å². The van der Waals surface area contributed by atoms with Gasteiger partial charge in [0, 0.05) is 10.7 Å². The number of hydrogen-bond acceptors (Lipinski definition) is 5. The van der Waals surface area contributed by atoms with Crippen molar-refractivity contribution in [2.24, 2.45) is 0 Å². The molecule has 0 unspecified atom stereocenters. The molecule has 1 atom stereocenters. The lowest BCUT2D eigenvalue weighted by atomic mass is 10.1. The van der Waals surface area contributed by atoms with Gasteiger partial charge in [0.2, 0.25) is 0 Å². The number of halogens is 1. The molecule has 6 nitrogen and oxygen atoms in total. The highest BCUT2D eigenvalue weighted by Gasteiger charge is 2.21. The third-order valence-corrected chi connectivity index (χ3v) is 4.19. The molecule has 0 fully saturated rings. The van der Waals surface area contributed by atoms with Crippen molar-refractivity contribution in [2.75, 3.05) is 11.9 Å². The van der Waals surface area contributed by atoms with E-state index >= 15 is 0 Å². The van der Waals surface area contributed by atoms with Gasteiger partial charge in [-0.05, 0) is 62.2 Å². The molecule has 1 amide bonds. The molecule has 0 aliphatic rings. The molecule has 7 heteroatoms. The summed E-state index contributed by atoms with van der Waals surface area (Å²) in [6.45, 7) is 5.66. The van der Waals surface area contributed by atoms with Gasteiger partial charge in [0.25, 0.3) is 5.91 Å². The number of ether oxygens (including phenoxy) is 2. The predicted molar refractivity (Wildman–Crippen MR) is 112 cm³/mol. The molecule has 29 heavy (non-hydrogen) atoms. The summed E-state index contributed by atoms with van der Waals surface area (Å²) in [4.78, 5) is 24.6. The Morgan fingerprint density at radius 1 is 1.24 bits per heavy atom. The molecule has 0 aromatic heterocycles. The lowest BCUT2D eigenvalue weighted by molar-refractivity contribution is -0.148. The van der Waals surface area contributed by atoms with Crippen LogP contribution in [0.5, 0.6) is 5.75 Å². The van der Waals surface area contributed by atoms with Crippen LogP contribution in [0, 0.1) is 18.3 Å². The number of aryl methyl sites for hydroxylation is 1. The van der Waals surface area contributed by atoms with Gasteiger partial charge >= 0.3 is 5.97 Å². The van der Waals surface area contributed by atoms with Crippen LogP contribution in [-0.2, 0) is 14.3 Å². The lowest BCUT2D eigenvalue weighted by Gasteiger charge is -2.14. The standard InChI is InChI=1S/C22H21ClN2O4/c1-4-28-19-9-6-16(7-10-19)11-17(13-24)22(27)29-15(3)21(26)25-20-12-18(23)8-5-14(20)2/h5-12,15H,4H2,1-3H3,(H,25,26)/b17-11+/t15-/m1/s1. The quantitative estimate of drug-likeness (QED) is 0.410. The largest absolute Gasteiger partial charge is 0.494 e. The van der Waals surface area contributed by atoms with E-state index in [9.17, 15) is 14.9 Å². The van der Waals surface area contributed by atoms with E-state index in [0.717, 1.165) is 5.56 Å². The Kier molecular flexibility index (Phi) is 7.81. The third-order valence-electron chi connectivity index (χ3n) is 3.95. The third kappa shape index (κ3) is 6.37. The summed E-state index contributed by atoms with van der Waals surface area (Å²) in [7, 11) is 0. The van der Waals surface area contributed by atoms with Crippen LogP contribution in [-0.4, -0.2) is 24.6 Å². The maximum absolute atomic E-state index is 12.3. The molecule has 2 aromatic rings. The van der Waals surface area contributed by atoms with Gasteiger partial charge in [0.05, 0.1) is 6.61 Å². The number of nitriles is 1. The van der Waals surface area contributed by atoms with Crippen LogP contribution in [0.15, 0.2) is 48.0 Å². The van der Waals surface area contributed by atoms with Crippen LogP contribution in [0.1, 0.15) is 25.0 Å². The second-order valence-corrected chi connectivity index (χ2v) is 6.60. The molecule has 2 aromatic carbocycles. The minimum Gasteiger partial charge on any atom is -0.494 e. The highest BCUT2D eigenvalue weighted by molar-refractivity contribution is 6.31. The lowest BCUT2D eigenvalue weighted by Crippen LogP contribution is -2.30. The number of nitrogens with zero attached hydrogens (tertiary/aromatic N) is 1. The molecular formula is C22H21ClN2O4. The minimum atomic E-state index is -1.10. The molecule has 2 rings (SSSR count). The van der Waals surface area contributed by atoms with Crippen molar-refractivity contribution in [3.63, 3.8) is 0 Å². The summed E-state index contributed by atoms with van der Waals surface area (Å²) in [5.41, 5.74) is 1.76. The summed E-state index contributed by atoms with van der Waals surface area (Å²) in [6, 6.07) is 13.8. The molecule has 150 valence electrons. The first-order chi connectivity index (χ1) is 13.8. The van der Waals surface area contributed by atoms with Crippen molar-refractivity contribution in [1.82, 2.24) is 0 Å². The van der Waals surface area contributed by atoms with Crippen molar-refractivity contribution < 1.29 is 19.1 Å². The van der Waals surface area contributed by atoms with Crippen molar-refractivity contribution in [3.05, 3.63) is 64.2 Å². The summed E-state index contributed by atoms with van der Waals surface area (Å²) < 4.78 is 10.5. The first-order valence-electron chi connectivity index (χ1n) is 8.96. The molecule has 0 spiro atoms. The summed E-state index contributed by atoms with van der Waals surface area (Å²) in [6.07, 6.45) is 0.294. The van der Waals surface area contributed by atoms with E-state index in [0.29, 0.717) is 28.6 Å². The van der Waals surface area contributed by atoms with Gasteiger partial charge in [-0.3, -0.25) is 4.79 Å². The van der Waals surface area contributed by atoms with Gasteiger partial charge in [0.15, 0.2) is 6.10 Å². The molecule has 0 heterocycles. The van der Waals surface area contributed by atoms with E-state index in [-0.39, 0.29) is 5.57 Å². The molecule has 0 aliphatic carbocycles. The summed E-state index contributed by atoms with van der Waals surface area (Å²) >= 11 is 5.94. The maximum Gasteiger partial charge on any atom is 0.349 e. The highest BCUT2D eigenvalue weighted by atomic mass is 35.5. The highest BCUT2D eigenvalue weighted by Crippen LogP contribution is 2.21. The number of benzene rings is 2. The smallest absolute Gasteiger partial charge is 0.349 e. The first kappa shape index (κ1) is 22.0. The monoisotopic (exact) mass is 412 g/mol. The number of carbonyl (C=O) groups is 2. The Labute approximate surface area is 174 Å². The normalized spacial score (nSPS) is 11.9. The predicted octanol–water partition coefficient (Wildman–Crippen LogP) is 4.52. The van der Waals surface area contributed by atoms with Gasteiger partial charge in [-0.15, -0.1) is 0 Å². The fourth-order valence-electron chi connectivity index (χ4n) is 2.37. The van der Waals surface area contributed by atoms with Crippen LogP contribution in [0.4, 0.5) is 5.69 Å². The Bertz CT molecular complexity index is 962. The van der Waals surface area contributed by atoms with Crippen LogP contribution in [0.3, 0.4) is 0 Å². The van der Waals surface area contributed by atoms with Crippen LogP contribution in [0.25, 0.3) is 6.08 Å². The van der Waals surface area contributed by atoms with Gasteiger partial charge in [-0.25, -0.2) is 4.79 Å². The van der Waals surface area contributed by atoms with Crippen LogP contribution < -0.4 is 10.1 Å². The molecular weight excluding hydrogens is 392 g/mol. The average Bonchev–Trinajstić information content (AvgIpc) is 2.70. The molecule has 0 radical (unpaired) electrons. The van der Waals surface area contributed by atoms with Gasteiger partial charge < -0.3 is 14.8 Å². The first-order valence-corrected chi connectivity index (χ1v) is 9.34.